The molecule has 1 aromatic heterocycles. The summed E-state index contributed by atoms with van der Waals surface area (Å²) in [5.41, 5.74) is 1.04. The van der Waals surface area contributed by atoms with Gasteiger partial charge in [-0.2, -0.15) is 0 Å². The molecular formula is C11H17N3O2S2. The van der Waals surface area contributed by atoms with E-state index in [1.807, 2.05) is 0 Å². The highest BCUT2D eigenvalue weighted by molar-refractivity contribution is 7.93. The SMILES string of the molecule is O=S(=O)(Nc1nc2c(s1)CNCC2)C1CCCC1. The van der Waals surface area contributed by atoms with Gasteiger partial charge in [-0.15, -0.1) is 0 Å². The number of thiazole rings is 1. The molecule has 18 heavy (non-hydrogen) atoms. The first kappa shape index (κ1) is 12.4. The summed E-state index contributed by atoms with van der Waals surface area (Å²) in [6.45, 7) is 1.73. The third-order valence-corrected chi connectivity index (χ3v) is 6.54. The Hall–Kier alpha value is -0.660. The van der Waals surface area contributed by atoms with Gasteiger partial charge in [-0.05, 0) is 12.8 Å². The summed E-state index contributed by atoms with van der Waals surface area (Å²) >= 11 is 1.46. The number of aromatic nitrogens is 1. The van der Waals surface area contributed by atoms with Crippen LogP contribution >= 0.6 is 11.3 Å². The van der Waals surface area contributed by atoms with Crippen LogP contribution in [0.15, 0.2) is 0 Å². The lowest BCUT2D eigenvalue weighted by atomic mass is 10.2. The van der Waals surface area contributed by atoms with E-state index in [1.54, 1.807) is 0 Å². The average molecular weight is 287 g/mol. The molecule has 0 aromatic carbocycles. The summed E-state index contributed by atoms with van der Waals surface area (Å²) in [5, 5.41) is 3.58. The van der Waals surface area contributed by atoms with Gasteiger partial charge in [0.2, 0.25) is 10.0 Å². The molecule has 0 unspecified atom stereocenters. The van der Waals surface area contributed by atoms with Crippen molar-refractivity contribution in [1.82, 2.24) is 10.3 Å². The predicted octanol–water partition coefficient (Wildman–Crippen LogP) is 1.47. The van der Waals surface area contributed by atoms with Gasteiger partial charge < -0.3 is 5.32 Å². The molecule has 5 nitrogen and oxygen atoms in total. The van der Waals surface area contributed by atoms with Gasteiger partial charge in [0.25, 0.3) is 0 Å². The molecule has 0 amide bonds. The van der Waals surface area contributed by atoms with E-state index in [0.717, 1.165) is 55.8 Å². The quantitative estimate of drug-likeness (QED) is 0.883. The lowest BCUT2D eigenvalue weighted by Gasteiger charge is -2.10. The Morgan fingerprint density at radius 2 is 2.11 bits per heavy atom. The number of nitrogens with zero attached hydrogens (tertiary/aromatic N) is 1. The first-order valence-electron chi connectivity index (χ1n) is 6.36. The average Bonchev–Trinajstić information content (AvgIpc) is 2.96. The second kappa shape index (κ2) is 4.79. The zero-order chi connectivity index (χ0) is 12.6. The minimum absolute atomic E-state index is 0.225. The van der Waals surface area contributed by atoms with E-state index in [-0.39, 0.29) is 5.25 Å². The van der Waals surface area contributed by atoms with Crippen LogP contribution in [0.1, 0.15) is 36.3 Å². The third-order valence-electron chi connectivity index (χ3n) is 3.57. The summed E-state index contributed by atoms with van der Waals surface area (Å²) in [7, 11) is -3.24. The second-order valence-corrected chi connectivity index (χ2v) is 7.91. The number of fused-ring (bicyclic) bond motifs is 1. The number of hydrogen-bond acceptors (Lipinski definition) is 5. The van der Waals surface area contributed by atoms with E-state index >= 15 is 0 Å². The normalized spacial score (nSPS) is 20.9. The Labute approximate surface area is 111 Å². The van der Waals surface area contributed by atoms with Crippen LogP contribution in [0.2, 0.25) is 0 Å². The van der Waals surface area contributed by atoms with Crippen molar-refractivity contribution >= 4 is 26.5 Å². The fraction of sp³-hybridized carbons (Fsp3) is 0.727. The highest BCUT2D eigenvalue weighted by atomic mass is 32.2. The molecule has 3 rings (SSSR count). The van der Waals surface area contributed by atoms with Crippen molar-refractivity contribution in [3.8, 4) is 0 Å². The molecule has 0 atom stereocenters. The maximum atomic E-state index is 12.2. The van der Waals surface area contributed by atoms with Crippen molar-refractivity contribution in [2.75, 3.05) is 11.3 Å². The van der Waals surface area contributed by atoms with Gasteiger partial charge in [0, 0.05) is 24.4 Å². The molecule has 1 aliphatic heterocycles. The number of anilines is 1. The highest BCUT2D eigenvalue weighted by Crippen LogP contribution is 2.30. The molecule has 0 saturated heterocycles. The zero-order valence-electron chi connectivity index (χ0n) is 10.1. The summed E-state index contributed by atoms with van der Waals surface area (Å²) < 4.78 is 27.0. The topological polar surface area (TPSA) is 71.1 Å². The first-order valence-corrected chi connectivity index (χ1v) is 8.72. The standard InChI is InChI=1S/C11H17N3O2S2/c15-18(16,8-3-1-2-4-8)14-11-13-9-5-6-12-7-10(9)17-11/h8,12H,1-7H2,(H,13,14). The van der Waals surface area contributed by atoms with Gasteiger partial charge in [0.05, 0.1) is 10.9 Å². The van der Waals surface area contributed by atoms with E-state index in [4.69, 9.17) is 0 Å². The van der Waals surface area contributed by atoms with Gasteiger partial charge >= 0.3 is 0 Å². The minimum Gasteiger partial charge on any atom is -0.311 e. The van der Waals surface area contributed by atoms with E-state index in [9.17, 15) is 8.42 Å². The van der Waals surface area contributed by atoms with E-state index in [0.29, 0.717) is 5.13 Å². The van der Waals surface area contributed by atoms with Crippen molar-refractivity contribution in [2.24, 2.45) is 0 Å². The van der Waals surface area contributed by atoms with Crippen molar-refractivity contribution in [2.45, 2.75) is 43.9 Å². The van der Waals surface area contributed by atoms with Crippen LogP contribution in [0.3, 0.4) is 0 Å². The van der Waals surface area contributed by atoms with Crippen molar-refractivity contribution in [3.63, 3.8) is 0 Å². The van der Waals surface area contributed by atoms with Gasteiger partial charge in [-0.3, -0.25) is 4.72 Å². The molecule has 2 N–H and O–H groups in total. The molecule has 0 radical (unpaired) electrons. The fourth-order valence-electron chi connectivity index (χ4n) is 2.57. The minimum atomic E-state index is -3.24. The third kappa shape index (κ3) is 2.39. The lowest BCUT2D eigenvalue weighted by molar-refractivity contribution is 0.585. The van der Waals surface area contributed by atoms with Gasteiger partial charge in [0.15, 0.2) is 5.13 Å². The maximum Gasteiger partial charge on any atom is 0.237 e. The van der Waals surface area contributed by atoms with Crippen LogP contribution in [0, 0.1) is 0 Å². The molecule has 1 fully saturated rings. The van der Waals surface area contributed by atoms with Crippen LogP contribution in [-0.4, -0.2) is 25.2 Å². The first-order chi connectivity index (χ1) is 8.65. The molecule has 100 valence electrons. The van der Waals surface area contributed by atoms with Crippen LogP contribution < -0.4 is 10.0 Å². The number of rotatable bonds is 3. The van der Waals surface area contributed by atoms with Gasteiger partial charge in [-0.25, -0.2) is 13.4 Å². The predicted molar refractivity (Wildman–Crippen MR) is 72.3 cm³/mol. The summed E-state index contributed by atoms with van der Waals surface area (Å²) in [4.78, 5) is 5.55. The summed E-state index contributed by atoms with van der Waals surface area (Å²) in [6, 6.07) is 0. The Balaban J connectivity index is 1.77. The smallest absolute Gasteiger partial charge is 0.237 e. The zero-order valence-corrected chi connectivity index (χ0v) is 11.7. The maximum absolute atomic E-state index is 12.2. The lowest BCUT2D eigenvalue weighted by Crippen LogP contribution is -2.25. The number of hydrogen-bond donors (Lipinski definition) is 2. The summed E-state index contributed by atoms with van der Waals surface area (Å²) in [6.07, 6.45) is 4.48. The Morgan fingerprint density at radius 3 is 2.83 bits per heavy atom. The van der Waals surface area contributed by atoms with E-state index in [2.05, 4.69) is 15.0 Å². The van der Waals surface area contributed by atoms with Crippen molar-refractivity contribution < 1.29 is 8.42 Å². The Bertz CT molecular complexity index is 509. The van der Waals surface area contributed by atoms with Crippen molar-refractivity contribution in [3.05, 3.63) is 10.6 Å². The molecular weight excluding hydrogens is 270 g/mol. The van der Waals surface area contributed by atoms with Crippen LogP contribution in [0.25, 0.3) is 0 Å². The van der Waals surface area contributed by atoms with Gasteiger partial charge in [-0.1, -0.05) is 24.2 Å². The highest BCUT2D eigenvalue weighted by Gasteiger charge is 2.29. The molecule has 0 bridgehead atoms. The van der Waals surface area contributed by atoms with Crippen LogP contribution in [0.5, 0.6) is 0 Å². The van der Waals surface area contributed by atoms with E-state index in [1.165, 1.54) is 11.3 Å². The molecule has 2 aliphatic rings. The summed E-state index contributed by atoms with van der Waals surface area (Å²) in [5.74, 6) is 0. The molecule has 1 aromatic rings. The molecule has 1 aliphatic carbocycles. The fourth-order valence-corrected chi connectivity index (χ4v) is 5.33. The van der Waals surface area contributed by atoms with Crippen LogP contribution in [-0.2, 0) is 23.0 Å². The molecule has 2 heterocycles. The molecule has 7 heteroatoms. The van der Waals surface area contributed by atoms with Gasteiger partial charge in [0.1, 0.15) is 0 Å². The number of nitrogens with one attached hydrogen (secondary N) is 2. The Kier molecular flexibility index (Phi) is 3.29. The Morgan fingerprint density at radius 1 is 1.33 bits per heavy atom. The van der Waals surface area contributed by atoms with Crippen molar-refractivity contribution in [1.29, 1.82) is 0 Å². The van der Waals surface area contributed by atoms with E-state index < -0.39 is 10.0 Å². The largest absolute Gasteiger partial charge is 0.311 e. The molecule has 1 saturated carbocycles. The second-order valence-electron chi connectivity index (χ2n) is 4.87. The van der Waals surface area contributed by atoms with Crippen LogP contribution in [0.4, 0.5) is 5.13 Å². The monoisotopic (exact) mass is 287 g/mol. The number of sulfonamides is 1. The molecule has 0 spiro atoms.